The van der Waals surface area contributed by atoms with Gasteiger partial charge in [0.1, 0.15) is 0 Å². The van der Waals surface area contributed by atoms with E-state index in [9.17, 15) is 9.59 Å². The monoisotopic (exact) mass is 293 g/mol. The minimum atomic E-state index is -1.01. The zero-order chi connectivity index (χ0) is 15.1. The van der Waals surface area contributed by atoms with Gasteiger partial charge < -0.3 is 10.4 Å². The normalized spacial score (nSPS) is 12.3. The zero-order valence-electron chi connectivity index (χ0n) is 11.8. The van der Waals surface area contributed by atoms with Crippen LogP contribution in [0.3, 0.4) is 0 Å². The maximum absolute atomic E-state index is 12.1. The van der Waals surface area contributed by atoms with Crippen molar-refractivity contribution >= 4 is 29.7 Å². The second-order valence-corrected chi connectivity index (χ2v) is 5.72. The van der Waals surface area contributed by atoms with E-state index in [1.165, 1.54) is 6.08 Å². The molecule has 0 fully saturated rings. The predicted octanol–water partition coefficient (Wildman–Crippen LogP) is 2.57. The number of hydrogen-bond donors (Lipinski definition) is 2. The lowest BCUT2D eigenvalue weighted by Gasteiger charge is -2.12. The van der Waals surface area contributed by atoms with Crippen molar-refractivity contribution in [2.24, 2.45) is 0 Å². The Bertz CT molecular complexity index is 526. The molecule has 20 heavy (non-hydrogen) atoms. The predicted molar refractivity (Wildman–Crippen MR) is 83.2 cm³/mol. The highest BCUT2D eigenvalue weighted by Gasteiger charge is 2.11. The number of amides is 1. The van der Waals surface area contributed by atoms with Crippen LogP contribution in [-0.4, -0.2) is 35.0 Å². The van der Waals surface area contributed by atoms with Crippen molar-refractivity contribution in [2.75, 3.05) is 12.8 Å². The average molecular weight is 293 g/mol. The summed E-state index contributed by atoms with van der Waals surface area (Å²) in [6.45, 7) is 4.47. The van der Waals surface area contributed by atoms with Crippen LogP contribution in [0.25, 0.3) is 6.08 Å². The van der Waals surface area contributed by atoms with Gasteiger partial charge in [-0.2, -0.15) is 11.8 Å². The molecule has 0 spiro atoms. The summed E-state index contributed by atoms with van der Waals surface area (Å²) in [6, 6.07) is 5.28. The number of benzene rings is 1. The van der Waals surface area contributed by atoms with E-state index >= 15 is 0 Å². The van der Waals surface area contributed by atoms with Gasteiger partial charge in [0, 0.05) is 23.4 Å². The van der Waals surface area contributed by atoms with Crippen molar-refractivity contribution in [3.05, 3.63) is 41.0 Å². The Balaban J connectivity index is 2.88. The second kappa shape index (κ2) is 7.75. The van der Waals surface area contributed by atoms with E-state index in [0.29, 0.717) is 17.4 Å². The highest BCUT2D eigenvalue weighted by molar-refractivity contribution is 7.99. The van der Waals surface area contributed by atoms with Gasteiger partial charge in [0.05, 0.1) is 0 Å². The maximum atomic E-state index is 12.1. The van der Waals surface area contributed by atoms with E-state index in [2.05, 4.69) is 5.32 Å². The lowest BCUT2D eigenvalue weighted by atomic mass is 10.0. The van der Waals surface area contributed by atoms with Crippen LogP contribution in [0.4, 0.5) is 0 Å². The van der Waals surface area contributed by atoms with Crippen molar-refractivity contribution in [3.8, 4) is 0 Å². The van der Waals surface area contributed by atoms with Crippen molar-refractivity contribution < 1.29 is 14.7 Å². The molecular formula is C15H19NO3S. The van der Waals surface area contributed by atoms with Crippen molar-refractivity contribution in [3.63, 3.8) is 0 Å². The summed E-state index contributed by atoms with van der Waals surface area (Å²) in [4.78, 5) is 22.7. The minimum Gasteiger partial charge on any atom is -0.478 e. The number of carbonyl (C=O) groups is 2. The molecule has 108 valence electrons. The third-order valence-electron chi connectivity index (χ3n) is 2.98. The first-order chi connectivity index (χ1) is 9.45. The summed E-state index contributed by atoms with van der Waals surface area (Å²) in [5.41, 5.74) is 2.09. The lowest BCUT2D eigenvalue weighted by Crippen LogP contribution is -2.29. The first-order valence-corrected chi connectivity index (χ1v) is 7.56. The van der Waals surface area contributed by atoms with Crippen LogP contribution in [-0.2, 0) is 4.79 Å². The number of carboxylic acids is 1. The van der Waals surface area contributed by atoms with Crippen LogP contribution < -0.4 is 5.32 Å². The van der Waals surface area contributed by atoms with Gasteiger partial charge in [-0.3, -0.25) is 4.79 Å². The molecule has 0 bridgehead atoms. The molecule has 0 aliphatic heterocycles. The van der Waals surface area contributed by atoms with E-state index in [-0.39, 0.29) is 5.91 Å². The first kappa shape index (κ1) is 16.3. The number of hydrogen-bond acceptors (Lipinski definition) is 3. The highest BCUT2D eigenvalue weighted by atomic mass is 32.2. The Morgan fingerprint density at radius 3 is 2.75 bits per heavy atom. The van der Waals surface area contributed by atoms with Crippen molar-refractivity contribution in [1.82, 2.24) is 5.32 Å². The molecule has 0 radical (unpaired) electrons. The van der Waals surface area contributed by atoms with Crippen LogP contribution >= 0.6 is 11.8 Å². The summed E-state index contributed by atoms with van der Waals surface area (Å²) in [7, 11) is 0. The third-order valence-corrected chi connectivity index (χ3v) is 3.95. The van der Waals surface area contributed by atoms with Crippen LogP contribution in [0.1, 0.15) is 28.4 Å². The summed E-state index contributed by atoms with van der Waals surface area (Å²) < 4.78 is 0. The molecule has 1 aromatic rings. The van der Waals surface area contributed by atoms with Gasteiger partial charge in [0.15, 0.2) is 0 Å². The summed E-state index contributed by atoms with van der Waals surface area (Å²) in [5.74, 6) is -1.14. The van der Waals surface area contributed by atoms with E-state index in [1.54, 1.807) is 30.0 Å². The largest absolute Gasteiger partial charge is 0.478 e. The Labute approximate surface area is 123 Å². The third kappa shape index (κ3) is 4.74. The lowest BCUT2D eigenvalue weighted by molar-refractivity contribution is -0.131. The Morgan fingerprint density at radius 1 is 1.45 bits per heavy atom. The standard InChI is InChI=1S/C15H19NO3S/c1-10(20-3)9-16-15(19)13-6-4-5-12(11(13)2)7-8-14(17)18/h4-8,10H,9H2,1-3H3,(H,16,19)(H,17,18)/b8-7+. The Hall–Kier alpha value is -1.75. The fraction of sp³-hybridized carbons (Fsp3) is 0.333. The molecule has 0 aromatic heterocycles. The molecule has 0 heterocycles. The van der Waals surface area contributed by atoms with Crippen LogP contribution in [0.2, 0.25) is 0 Å². The highest BCUT2D eigenvalue weighted by Crippen LogP contribution is 2.15. The second-order valence-electron chi connectivity index (χ2n) is 4.45. The molecule has 1 rings (SSSR count). The van der Waals surface area contributed by atoms with E-state index in [0.717, 1.165) is 17.2 Å². The molecule has 1 unspecified atom stereocenters. The van der Waals surface area contributed by atoms with Crippen molar-refractivity contribution in [2.45, 2.75) is 19.1 Å². The molecule has 0 aliphatic carbocycles. The van der Waals surface area contributed by atoms with Gasteiger partial charge in [0.2, 0.25) is 0 Å². The number of aliphatic carboxylic acids is 1. The van der Waals surface area contributed by atoms with Crippen molar-refractivity contribution in [1.29, 1.82) is 0 Å². The fourth-order valence-corrected chi connectivity index (χ4v) is 1.91. The minimum absolute atomic E-state index is 0.131. The molecule has 2 N–H and O–H groups in total. The van der Waals surface area contributed by atoms with Gasteiger partial charge in [0.25, 0.3) is 5.91 Å². The number of carboxylic acid groups (broad SMARTS) is 1. The SMILES string of the molecule is CSC(C)CNC(=O)c1cccc(/C=C/C(=O)O)c1C. The number of thioether (sulfide) groups is 1. The summed E-state index contributed by atoms with van der Waals surface area (Å²) >= 11 is 1.69. The van der Waals surface area contributed by atoms with Gasteiger partial charge >= 0.3 is 5.97 Å². The molecular weight excluding hydrogens is 274 g/mol. The Kier molecular flexibility index (Phi) is 6.31. The molecule has 1 amide bonds. The van der Waals surface area contributed by atoms with Gasteiger partial charge in [-0.1, -0.05) is 19.1 Å². The van der Waals surface area contributed by atoms with Gasteiger partial charge in [-0.05, 0) is 36.4 Å². The van der Waals surface area contributed by atoms with E-state index < -0.39 is 5.97 Å². The topological polar surface area (TPSA) is 66.4 Å². The fourth-order valence-electron chi connectivity index (χ4n) is 1.66. The summed E-state index contributed by atoms with van der Waals surface area (Å²) in [5, 5.41) is 11.9. The first-order valence-electron chi connectivity index (χ1n) is 6.27. The quantitative estimate of drug-likeness (QED) is 0.791. The molecule has 4 nitrogen and oxygen atoms in total. The van der Waals surface area contributed by atoms with E-state index in [1.807, 2.05) is 20.1 Å². The molecule has 1 aromatic carbocycles. The number of carbonyl (C=O) groups excluding carboxylic acids is 1. The zero-order valence-corrected chi connectivity index (χ0v) is 12.7. The molecule has 5 heteroatoms. The number of rotatable bonds is 6. The molecule has 0 saturated carbocycles. The molecule has 1 atom stereocenters. The van der Waals surface area contributed by atoms with Crippen LogP contribution in [0.5, 0.6) is 0 Å². The molecule has 0 aliphatic rings. The summed E-state index contributed by atoms with van der Waals surface area (Å²) in [6.07, 6.45) is 4.57. The maximum Gasteiger partial charge on any atom is 0.328 e. The average Bonchev–Trinajstić information content (AvgIpc) is 2.43. The Morgan fingerprint density at radius 2 is 2.15 bits per heavy atom. The van der Waals surface area contributed by atoms with E-state index in [4.69, 9.17) is 5.11 Å². The smallest absolute Gasteiger partial charge is 0.328 e. The number of nitrogens with one attached hydrogen (secondary N) is 1. The van der Waals surface area contributed by atoms with Gasteiger partial charge in [-0.25, -0.2) is 4.79 Å². The molecule has 0 saturated heterocycles. The van der Waals surface area contributed by atoms with Crippen LogP contribution in [0.15, 0.2) is 24.3 Å². The van der Waals surface area contributed by atoms with Crippen LogP contribution in [0, 0.1) is 6.92 Å². The van der Waals surface area contributed by atoms with Gasteiger partial charge in [-0.15, -0.1) is 0 Å².